The molecule has 0 saturated carbocycles. The van der Waals surface area contributed by atoms with Crippen LogP contribution in [0.5, 0.6) is 0 Å². The minimum absolute atomic E-state index is 0.189. The zero-order valence-corrected chi connectivity index (χ0v) is 8.82. The van der Waals surface area contributed by atoms with Gasteiger partial charge in [0.1, 0.15) is 0 Å². The molecule has 0 aliphatic rings. The van der Waals surface area contributed by atoms with Gasteiger partial charge in [-0.2, -0.15) is 0 Å². The van der Waals surface area contributed by atoms with E-state index in [0.717, 1.165) is 0 Å². The Morgan fingerprint density at radius 3 is 2.40 bits per heavy atom. The zero-order valence-electron chi connectivity index (χ0n) is 6.12. The molecule has 0 radical (unpaired) electrons. The maximum atomic E-state index is 2.26. The standard InChI is InChI=1S/C8H10P.Sc/c1-2-9-8-6-4-3-5-7-8;/h3-7H,2H2,1H3;/q-1;+1. The molecule has 0 N–H and O–H groups in total. The summed E-state index contributed by atoms with van der Waals surface area (Å²) < 4.78 is 0. The molecule has 1 aromatic rings. The van der Waals surface area contributed by atoms with Gasteiger partial charge in [0.25, 0.3) is 0 Å². The maximum absolute atomic E-state index is 2.26. The van der Waals surface area contributed by atoms with E-state index < -0.39 is 0 Å². The van der Waals surface area contributed by atoms with E-state index in [-0.39, 0.29) is 5.27 Å². The molecule has 0 bridgehead atoms. The Hall–Kier alpha value is 0.520. The summed E-state index contributed by atoms with van der Waals surface area (Å²) in [5.41, 5.74) is 0. The molecular formula is C8H10PSc. The number of benzene rings is 1. The van der Waals surface area contributed by atoms with Crippen LogP contribution in [0.3, 0.4) is 0 Å². The molecule has 0 saturated heterocycles. The first-order valence-electron chi connectivity index (χ1n) is 3.42. The summed E-state index contributed by atoms with van der Waals surface area (Å²) >= 11 is 1.88. The monoisotopic (exact) mass is 182 g/mol. The van der Waals surface area contributed by atoms with Crippen LogP contribution in [0.2, 0.25) is 0 Å². The van der Waals surface area contributed by atoms with Gasteiger partial charge in [0.15, 0.2) is 0 Å². The molecule has 0 spiro atoms. The second-order valence-corrected chi connectivity index (χ2v) is 7.13. The minimum atomic E-state index is 0.189. The van der Waals surface area contributed by atoms with E-state index in [4.69, 9.17) is 0 Å². The van der Waals surface area contributed by atoms with Gasteiger partial charge < -0.3 is 0 Å². The Bertz CT molecular complexity index is 186. The van der Waals surface area contributed by atoms with Gasteiger partial charge in [0.05, 0.1) is 0 Å². The Kier molecular flexibility index (Phi) is 3.80. The molecule has 2 heteroatoms. The number of hydrogen-bond acceptors (Lipinski definition) is 0. The van der Waals surface area contributed by atoms with Gasteiger partial charge in [0.2, 0.25) is 0 Å². The first-order valence-corrected chi connectivity index (χ1v) is 7.43. The van der Waals surface area contributed by atoms with Crippen molar-refractivity contribution in [3.8, 4) is 0 Å². The molecule has 0 nitrogen and oxygen atoms in total. The first kappa shape index (κ1) is 8.62. The van der Waals surface area contributed by atoms with Crippen molar-refractivity contribution in [3.05, 3.63) is 30.3 Å². The van der Waals surface area contributed by atoms with Crippen molar-refractivity contribution in [2.45, 2.75) is 6.92 Å². The predicted octanol–water partition coefficient (Wildman–Crippen LogP) is 2.28. The quantitative estimate of drug-likeness (QED) is 0.615. The third-order valence-corrected chi connectivity index (χ3v) is 6.18. The summed E-state index contributed by atoms with van der Waals surface area (Å²) in [7, 11) is 0. The van der Waals surface area contributed by atoms with Crippen LogP contribution in [-0.2, 0) is 23.8 Å². The summed E-state index contributed by atoms with van der Waals surface area (Å²) in [5.74, 6) is 0. The van der Waals surface area contributed by atoms with Crippen LogP contribution < -0.4 is 5.30 Å². The van der Waals surface area contributed by atoms with E-state index in [2.05, 4.69) is 37.3 Å². The average Bonchev–Trinajstić information content (AvgIpc) is 2.05. The van der Waals surface area contributed by atoms with E-state index in [0.29, 0.717) is 0 Å². The first-order chi connectivity index (χ1) is 4.84. The van der Waals surface area contributed by atoms with Gasteiger partial charge in [-0.1, -0.05) is 0 Å². The summed E-state index contributed by atoms with van der Waals surface area (Å²) in [6.07, 6.45) is 1.32. The topological polar surface area (TPSA) is 0 Å². The van der Waals surface area contributed by atoms with Gasteiger partial charge in [-0.15, -0.1) is 0 Å². The van der Waals surface area contributed by atoms with Gasteiger partial charge in [-0.3, -0.25) is 0 Å². The van der Waals surface area contributed by atoms with Crippen LogP contribution in [0.4, 0.5) is 0 Å². The van der Waals surface area contributed by atoms with E-state index in [1.807, 2.05) is 23.8 Å². The van der Waals surface area contributed by atoms with Gasteiger partial charge in [0, 0.05) is 0 Å². The van der Waals surface area contributed by atoms with Crippen molar-refractivity contribution < 1.29 is 23.8 Å². The fourth-order valence-electron chi connectivity index (χ4n) is 0.802. The van der Waals surface area contributed by atoms with Crippen molar-refractivity contribution in [3.63, 3.8) is 0 Å². The molecule has 1 aromatic carbocycles. The molecule has 1 atom stereocenters. The van der Waals surface area contributed by atoms with Crippen LogP contribution in [0.15, 0.2) is 30.3 Å². The summed E-state index contributed by atoms with van der Waals surface area (Å²) in [4.78, 5) is 0. The number of rotatable bonds is 2. The number of hydrogen-bond donors (Lipinski definition) is 0. The normalized spacial score (nSPS) is 12.8. The van der Waals surface area contributed by atoms with Gasteiger partial charge in [-0.05, 0) is 0 Å². The Morgan fingerprint density at radius 1 is 1.30 bits per heavy atom. The SMILES string of the molecule is CC[P]([Sc])c1ccccc1. The molecular weight excluding hydrogens is 172 g/mol. The fourth-order valence-corrected chi connectivity index (χ4v) is 2.53. The Morgan fingerprint density at radius 2 is 1.90 bits per heavy atom. The third kappa shape index (κ3) is 2.29. The summed E-state index contributed by atoms with van der Waals surface area (Å²) in [5, 5.41) is 1.73. The van der Waals surface area contributed by atoms with Crippen LogP contribution in [0.25, 0.3) is 0 Å². The molecule has 1 rings (SSSR count). The molecule has 0 fully saturated rings. The molecule has 50 valence electrons. The predicted molar refractivity (Wildman–Crippen MR) is 43.5 cm³/mol. The van der Waals surface area contributed by atoms with Crippen molar-refractivity contribution in [1.82, 2.24) is 0 Å². The van der Waals surface area contributed by atoms with Crippen LogP contribution in [0, 0.1) is 0 Å². The van der Waals surface area contributed by atoms with E-state index >= 15 is 0 Å². The van der Waals surface area contributed by atoms with Gasteiger partial charge >= 0.3 is 77.8 Å². The zero-order chi connectivity index (χ0) is 7.40. The second-order valence-electron chi connectivity index (χ2n) is 2.12. The molecule has 1 unspecified atom stereocenters. The molecule has 0 aliphatic carbocycles. The molecule has 0 aliphatic heterocycles. The van der Waals surface area contributed by atoms with Crippen LogP contribution in [0.1, 0.15) is 6.92 Å². The Labute approximate surface area is 77.6 Å². The summed E-state index contributed by atoms with van der Waals surface area (Å²) in [6.45, 7) is 2.26. The third-order valence-electron chi connectivity index (χ3n) is 1.43. The molecule has 0 amide bonds. The molecule has 0 heterocycles. The van der Waals surface area contributed by atoms with Crippen molar-refractivity contribution >= 4 is 10.6 Å². The molecule has 0 aromatic heterocycles. The van der Waals surface area contributed by atoms with E-state index in [1.54, 1.807) is 5.30 Å². The Balaban J connectivity index is 2.75. The van der Waals surface area contributed by atoms with Crippen LogP contribution in [-0.4, -0.2) is 6.16 Å². The van der Waals surface area contributed by atoms with E-state index in [9.17, 15) is 0 Å². The van der Waals surface area contributed by atoms with Crippen molar-refractivity contribution in [1.29, 1.82) is 0 Å². The van der Waals surface area contributed by atoms with E-state index in [1.165, 1.54) is 6.16 Å². The fraction of sp³-hybridized carbons (Fsp3) is 0.250. The average molecular weight is 182 g/mol. The molecule has 10 heavy (non-hydrogen) atoms. The van der Waals surface area contributed by atoms with Gasteiger partial charge in [-0.25, -0.2) is 0 Å². The summed E-state index contributed by atoms with van der Waals surface area (Å²) in [6, 6.07) is 10.8. The van der Waals surface area contributed by atoms with Crippen molar-refractivity contribution in [2.24, 2.45) is 0 Å². The van der Waals surface area contributed by atoms with Crippen LogP contribution >= 0.6 is 5.27 Å². The van der Waals surface area contributed by atoms with Crippen molar-refractivity contribution in [2.75, 3.05) is 6.16 Å². The second kappa shape index (κ2) is 4.41.